The Morgan fingerprint density at radius 2 is 1.76 bits per heavy atom. The van der Waals surface area contributed by atoms with E-state index in [-0.39, 0.29) is 12.7 Å². The number of carbonyl (C=O) groups excluding carboxylic acids is 3. The summed E-state index contributed by atoms with van der Waals surface area (Å²) in [5.74, 6) is -0.265. The first-order chi connectivity index (χ1) is 11.8. The van der Waals surface area contributed by atoms with Crippen molar-refractivity contribution in [1.82, 2.24) is 14.7 Å². The molecule has 0 spiro atoms. The van der Waals surface area contributed by atoms with E-state index in [4.69, 9.17) is 9.47 Å². The van der Waals surface area contributed by atoms with Gasteiger partial charge in [-0.3, -0.25) is 19.4 Å². The highest BCUT2D eigenvalue weighted by atomic mass is 16.5. The van der Waals surface area contributed by atoms with Gasteiger partial charge in [0.25, 0.3) is 0 Å². The van der Waals surface area contributed by atoms with Crippen molar-refractivity contribution in [3.63, 3.8) is 0 Å². The van der Waals surface area contributed by atoms with Crippen LogP contribution in [-0.2, 0) is 16.1 Å². The molecular weight excluding hydrogens is 326 g/mol. The van der Waals surface area contributed by atoms with Crippen molar-refractivity contribution >= 4 is 17.8 Å². The molecule has 1 aromatic carbocycles. The highest BCUT2D eigenvalue weighted by Crippen LogP contribution is 2.26. The Bertz CT molecular complexity index is 689. The van der Waals surface area contributed by atoms with E-state index < -0.39 is 17.8 Å². The standard InChI is InChI=1S/C17H23N3O5/c1-11(2)20-16(22)15(21)19(17(20)23)10-18(3)9-12-6-7-13(24-4)8-14(12)25-5/h6-8,11H,9-10H2,1-5H3. The quantitative estimate of drug-likeness (QED) is 0.545. The zero-order valence-electron chi connectivity index (χ0n) is 15.1. The van der Waals surface area contributed by atoms with Gasteiger partial charge in [0, 0.05) is 24.2 Å². The molecule has 0 aromatic heterocycles. The minimum atomic E-state index is -0.799. The van der Waals surface area contributed by atoms with E-state index in [1.165, 1.54) is 0 Å². The Labute approximate surface area is 146 Å². The first kappa shape index (κ1) is 18.7. The van der Waals surface area contributed by atoms with E-state index in [0.717, 1.165) is 15.4 Å². The second-order valence-corrected chi connectivity index (χ2v) is 6.12. The topological polar surface area (TPSA) is 79.4 Å². The number of hydrogen-bond acceptors (Lipinski definition) is 6. The summed E-state index contributed by atoms with van der Waals surface area (Å²) in [6, 6.07) is 4.48. The fourth-order valence-corrected chi connectivity index (χ4v) is 2.67. The van der Waals surface area contributed by atoms with Gasteiger partial charge in [0.2, 0.25) is 0 Å². The van der Waals surface area contributed by atoms with Crippen molar-refractivity contribution in [3.8, 4) is 11.5 Å². The molecular formula is C17H23N3O5. The Kier molecular flexibility index (Phi) is 5.63. The Morgan fingerprint density at radius 1 is 1.08 bits per heavy atom. The smallest absolute Gasteiger partial charge is 0.335 e. The van der Waals surface area contributed by atoms with E-state index in [0.29, 0.717) is 18.0 Å². The zero-order chi connectivity index (χ0) is 18.7. The molecule has 0 aliphatic carbocycles. The van der Waals surface area contributed by atoms with Gasteiger partial charge in [0.05, 0.1) is 20.9 Å². The lowest BCUT2D eigenvalue weighted by Gasteiger charge is -2.24. The summed E-state index contributed by atoms with van der Waals surface area (Å²) >= 11 is 0. The van der Waals surface area contributed by atoms with Crippen LogP contribution in [-0.4, -0.2) is 66.5 Å². The highest BCUT2D eigenvalue weighted by molar-refractivity contribution is 6.44. The average Bonchev–Trinajstić information content (AvgIpc) is 2.78. The third-order valence-corrected chi connectivity index (χ3v) is 3.92. The van der Waals surface area contributed by atoms with Gasteiger partial charge < -0.3 is 9.47 Å². The van der Waals surface area contributed by atoms with Gasteiger partial charge in [-0.1, -0.05) is 6.07 Å². The summed E-state index contributed by atoms with van der Waals surface area (Å²) in [5, 5.41) is 0. The molecule has 25 heavy (non-hydrogen) atoms. The van der Waals surface area contributed by atoms with E-state index in [9.17, 15) is 14.4 Å². The third-order valence-electron chi connectivity index (χ3n) is 3.92. The molecule has 1 saturated heterocycles. The van der Waals surface area contributed by atoms with Crippen LogP contribution in [0, 0.1) is 0 Å². The molecule has 1 fully saturated rings. The largest absolute Gasteiger partial charge is 0.497 e. The van der Waals surface area contributed by atoms with Crippen LogP contribution in [0.1, 0.15) is 19.4 Å². The van der Waals surface area contributed by atoms with Gasteiger partial charge >= 0.3 is 17.8 Å². The van der Waals surface area contributed by atoms with Crippen LogP contribution in [0.3, 0.4) is 0 Å². The maximum atomic E-state index is 12.3. The minimum Gasteiger partial charge on any atom is -0.497 e. The molecule has 1 aromatic rings. The molecule has 136 valence electrons. The second-order valence-electron chi connectivity index (χ2n) is 6.12. The first-order valence-corrected chi connectivity index (χ1v) is 7.88. The Hall–Kier alpha value is -2.61. The molecule has 1 heterocycles. The number of urea groups is 1. The normalized spacial score (nSPS) is 14.9. The summed E-state index contributed by atoms with van der Waals surface area (Å²) in [6.07, 6.45) is 0. The lowest BCUT2D eigenvalue weighted by Crippen LogP contribution is -2.41. The molecule has 2 rings (SSSR count). The monoisotopic (exact) mass is 349 g/mol. The van der Waals surface area contributed by atoms with Gasteiger partial charge in [-0.25, -0.2) is 9.69 Å². The Morgan fingerprint density at radius 3 is 2.28 bits per heavy atom. The van der Waals surface area contributed by atoms with Crippen molar-refractivity contribution in [2.24, 2.45) is 0 Å². The van der Waals surface area contributed by atoms with Crippen molar-refractivity contribution in [2.75, 3.05) is 27.9 Å². The summed E-state index contributed by atoms with van der Waals surface area (Å²) < 4.78 is 10.5. The molecule has 1 aliphatic heterocycles. The molecule has 4 amide bonds. The Balaban J connectivity index is 2.10. The molecule has 8 heteroatoms. The third kappa shape index (κ3) is 3.74. The number of imide groups is 2. The number of methoxy groups -OCH3 is 2. The molecule has 0 atom stereocenters. The minimum absolute atomic E-state index is 0.0157. The van der Waals surface area contributed by atoms with Crippen molar-refractivity contribution in [3.05, 3.63) is 23.8 Å². The maximum absolute atomic E-state index is 12.3. The molecule has 0 unspecified atom stereocenters. The van der Waals surface area contributed by atoms with E-state index in [2.05, 4.69) is 0 Å². The van der Waals surface area contributed by atoms with Crippen LogP contribution in [0.2, 0.25) is 0 Å². The highest BCUT2D eigenvalue weighted by Gasteiger charge is 2.45. The van der Waals surface area contributed by atoms with Crippen molar-refractivity contribution in [2.45, 2.75) is 26.4 Å². The van der Waals surface area contributed by atoms with Gasteiger partial charge in [-0.2, -0.15) is 0 Å². The summed E-state index contributed by atoms with van der Waals surface area (Å²) in [7, 11) is 4.89. The fraction of sp³-hybridized carbons (Fsp3) is 0.471. The van der Waals surface area contributed by atoms with Crippen LogP contribution < -0.4 is 9.47 Å². The molecule has 0 N–H and O–H groups in total. The van der Waals surface area contributed by atoms with Gasteiger partial charge in [0.15, 0.2) is 0 Å². The molecule has 1 aliphatic rings. The van der Waals surface area contributed by atoms with Gasteiger partial charge in [0.1, 0.15) is 11.5 Å². The second kappa shape index (κ2) is 7.52. The number of nitrogens with zero attached hydrogens (tertiary/aromatic N) is 3. The van der Waals surface area contributed by atoms with Crippen LogP contribution >= 0.6 is 0 Å². The van der Waals surface area contributed by atoms with E-state index in [1.807, 2.05) is 12.1 Å². The maximum Gasteiger partial charge on any atom is 0.335 e. The summed E-state index contributed by atoms with van der Waals surface area (Å²) in [5.41, 5.74) is 0.872. The molecule has 0 saturated carbocycles. The van der Waals surface area contributed by atoms with Crippen molar-refractivity contribution in [1.29, 1.82) is 0 Å². The predicted molar refractivity (Wildman–Crippen MR) is 90.1 cm³/mol. The fourth-order valence-electron chi connectivity index (χ4n) is 2.67. The number of rotatable bonds is 7. The number of hydrogen-bond donors (Lipinski definition) is 0. The lowest BCUT2D eigenvalue weighted by atomic mass is 10.2. The van der Waals surface area contributed by atoms with Crippen LogP contribution in [0.4, 0.5) is 4.79 Å². The number of carbonyl (C=O) groups is 3. The first-order valence-electron chi connectivity index (χ1n) is 7.88. The van der Waals surface area contributed by atoms with Gasteiger partial charge in [-0.15, -0.1) is 0 Å². The number of ether oxygens (including phenoxy) is 2. The zero-order valence-corrected chi connectivity index (χ0v) is 15.1. The summed E-state index contributed by atoms with van der Waals surface area (Å²) in [4.78, 5) is 40.0. The van der Waals surface area contributed by atoms with E-state index >= 15 is 0 Å². The SMILES string of the molecule is COc1ccc(CN(C)CN2C(=O)C(=O)N(C(C)C)C2=O)c(OC)c1. The van der Waals surface area contributed by atoms with Crippen molar-refractivity contribution < 1.29 is 23.9 Å². The number of benzene rings is 1. The predicted octanol–water partition coefficient (Wildman–Crippen LogP) is 1.29. The lowest BCUT2D eigenvalue weighted by molar-refractivity contribution is -0.144. The summed E-state index contributed by atoms with van der Waals surface area (Å²) in [6.45, 7) is 3.83. The molecule has 0 bridgehead atoms. The number of amides is 4. The van der Waals surface area contributed by atoms with Crippen LogP contribution in [0.5, 0.6) is 11.5 Å². The van der Waals surface area contributed by atoms with Crippen LogP contribution in [0.25, 0.3) is 0 Å². The molecule has 0 radical (unpaired) electrons. The van der Waals surface area contributed by atoms with E-state index in [1.54, 1.807) is 46.1 Å². The molecule has 8 nitrogen and oxygen atoms in total. The van der Waals surface area contributed by atoms with Gasteiger partial charge in [-0.05, 0) is 27.0 Å². The average molecular weight is 349 g/mol. The van der Waals surface area contributed by atoms with Crippen LogP contribution in [0.15, 0.2) is 18.2 Å².